The van der Waals surface area contributed by atoms with Crippen LogP contribution in [0.2, 0.25) is 0 Å². The van der Waals surface area contributed by atoms with Gasteiger partial charge in [0.05, 0.1) is 6.42 Å². The Morgan fingerprint density at radius 1 is 1.47 bits per heavy atom. The number of benzene rings is 1. The summed E-state index contributed by atoms with van der Waals surface area (Å²) in [6.07, 6.45) is 0.314. The van der Waals surface area contributed by atoms with Gasteiger partial charge in [0.1, 0.15) is 5.75 Å². The van der Waals surface area contributed by atoms with Crippen molar-refractivity contribution in [3.63, 3.8) is 0 Å². The van der Waals surface area contributed by atoms with E-state index in [4.69, 9.17) is 0 Å². The molecule has 1 aromatic rings. The molecule has 1 rings (SSSR count). The molecule has 0 bridgehead atoms. The number of carbonyl (C=O) groups excluding carboxylic acids is 1. The minimum absolute atomic E-state index is 0.00552. The second kappa shape index (κ2) is 6.83. The number of nitrogens with one attached hydrogen (secondary N) is 1. The number of alkyl halides is 1. The highest BCUT2D eigenvalue weighted by molar-refractivity contribution is 14.1. The third-order valence-corrected chi connectivity index (χ3v) is 3.54. The van der Waals surface area contributed by atoms with E-state index in [1.807, 2.05) is 6.07 Å². The minimum Gasteiger partial charge on any atom is -0.508 e. The van der Waals surface area contributed by atoms with E-state index in [1.165, 1.54) is 0 Å². The molecule has 1 atom stereocenters. The molecular formula is C13H18INO2. The molecular weight excluding hydrogens is 329 g/mol. The van der Waals surface area contributed by atoms with E-state index in [2.05, 4.69) is 41.8 Å². The lowest BCUT2D eigenvalue weighted by Gasteiger charge is -2.19. The zero-order valence-electron chi connectivity index (χ0n) is 10.1. The quantitative estimate of drug-likeness (QED) is 0.635. The molecule has 3 nitrogen and oxygen atoms in total. The average molecular weight is 347 g/mol. The molecule has 0 saturated heterocycles. The van der Waals surface area contributed by atoms with Gasteiger partial charge in [0, 0.05) is 10.5 Å². The maximum atomic E-state index is 11.8. The fraction of sp³-hybridized carbons (Fsp3) is 0.462. The lowest BCUT2D eigenvalue weighted by atomic mass is 10.1. The number of halogens is 1. The van der Waals surface area contributed by atoms with Crippen molar-refractivity contribution in [3.05, 3.63) is 29.8 Å². The van der Waals surface area contributed by atoms with Gasteiger partial charge in [-0.2, -0.15) is 0 Å². The second-order valence-electron chi connectivity index (χ2n) is 4.42. The molecule has 1 amide bonds. The fourth-order valence-electron chi connectivity index (χ4n) is 1.49. The first-order valence-electron chi connectivity index (χ1n) is 5.66. The molecule has 0 aliphatic rings. The molecule has 0 heterocycles. The van der Waals surface area contributed by atoms with Gasteiger partial charge >= 0.3 is 0 Å². The van der Waals surface area contributed by atoms with Crippen molar-refractivity contribution in [3.8, 4) is 5.75 Å². The largest absolute Gasteiger partial charge is 0.508 e. The Morgan fingerprint density at radius 2 is 2.18 bits per heavy atom. The first-order valence-corrected chi connectivity index (χ1v) is 7.18. The van der Waals surface area contributed by atoms with Crippen LogP contribution in [0, 0.1) is 5.92 Å². The van der Waals surface area contributed by atoms with Crippen LogP contribution in [0.1, 0.15) is 19.4 Å². The van der Waals surface area contributed by atoms with E-state index in [-0.39, 0.29) is 17.7 Å². The molecule has 0 aliphatic carbocycles. The number of hydrogen-bond donors (Lipinski definition) is 2. The van der Waals surface area contributed by atoms with E-state index in [0.29, 0.717) is 12.3 Å². The van der Waals surface area contributed by atoms with Gasteiger partial charge in [-0.1, -0.05) is 48.6 Å². The molecule has 2 N–H and O–H groups in total. The molecule has 94 valence electrons. The summed E-state index contributed by atoms with van der Waals surface area (Å²) in [5, 5.41) is 12.3. The second-order valence-corrected chi connectivity index (χ2v) is 5.30. The zero-order valence-corrected chi connectivity index (χ0v) is 12.3. The van der Waals surface area contributed by atoms with E-state index >= 15 is 0 Å². The van der Waals surface area contributed by atoms with Gasteiger partial charge in [-0.15, -0.1) is 0 Å². The molecule has 17 heavy (non-hydrogen) atoms. The van der Waals surface area contributed by atoms with E-state index < -0.39 is 0 Å². The van der Waals surface area contributed by atoms with Gasteiger partial charge in [0.25, 0.3) is 0 Å². The Labute approximate surface area is 116 Å². The van der Waals surface area contributed by atoms with Gasteiger partial charge in [-0.3, -0.25) is 4.79 Å². The van der Waals surface area contributed by atoms with Crippen molar-refractivity contribution in [2.75, 3.05) is 4.43 Å². The summed E-state index contributed by atoms with van der Waals surface area (Å²) in [5.41, 5.74) is 0.832. The summed E-state index contributed by atoms with van der Waals surface area (Å²) in [6, 6.07) is 7.02. The van der Waals surface area contributed by atoms with Crippen LogP contribution in [0.3, 0.4) is 0 Å². The summed E-state index contributed by atoms with van der Waals surface area (Å²) in [6.45, 7) is 4.19. The average Bonchev–Trinajstić information content (AvgIpc) is 2.25. The molecule has 0 aliphatic heterocycles. The highest BCUT2D eigenvalue weighted by atomic mass is 127. The van der Waals surface area contributed by atoms with Crippen LogP contribution in [0.15, 0.2) is 24.3 Å². The minimum atomic E-state index is 0.00552. The van der Waals surface area contributed by atoms with Gasteiger partial charge in [-0.25, -0.2) is 0 Å². The number of carbonyl (C=O) groups is 1. The van der Waals surface area contributed by atoms with Crippen LogP contribution in [0.5, 0.6) is 5.75 Å². The SMILES string of the molecule is CC(C)C(CI)NC(=O)Cc1cccc(O)c1. The molecule has 0 radical (unpaired) electrons. The van der Waals surface area contributed by atoms with Crippen molar-refractivity contribution >= 4 is 28.5 Å². The van der Waals surface area contributed by atoms with E-state index in [0.717, 1.165) is 9.99 Å². The highest BCUT2D eigenvalue weighted by Gasteiger charge is 2.14. The van der Waals surface area contributed by atoms with Crippen LogP contribution in [-0.4, -0.2) is 21.5 Å². The summed E-state index contributed by atoms with van der Waals surface area (Å²) >= 11 is 2.28. The van der Waals surface area contributed by atoms with Crippen LogP contribution in [0.25, 0.3) is 0 Å². The smallest absolute Gasteiger partial charge is 0.224 e. The predicted molar refractivity (Wildman–Crippen MR) is 77.5 cm³/mol. The molecule has 0 saturated carbocycles. The third kappa shape index (κ3) is 4.93. The molecule has 0 aromatic heterocycles. The Kier molecular flexibility index (Phi) is 5.74. The van der Waals surface area contributed by atoms with Gasteiger partial charge in [0.2, 0.25) is 5.91 Å². The summed E-state index contributed by atoms with van der Waals surface area (Å²) in [7, 11) is 0. The fourth-order valence-corrected chi connectivity index (χ4v) is 2.73. The highest BCUT2D eigenvalue weighted by Crippen LogP contribution is 2.12. The number of phenolic OH excluding ortho intramolecular Hbond substituents is 1. The van der Waals surface area contributed by atoms with Crippen LogP contribution in [0.4, 0.5) is 0 Å². The van der Waals surface area contributed by atoms with Crippen molar-refractivity contribution < 1.29 is 9.90 Å². The van der Waals surface area contributed by atoms with Gasteiger partial charge in [-0.05, 0) is 23.6 Å². The van der Waals surface area contributed by atoms with Crippen molar-refractivity contribution in [2.24, 2.45) is 5.92 Å². The van der Waals surface area contributed by atoms with E-state index in [9.17, 15) is 9.90 Å². The van der Waals surface area contributed by atoms with Crippen LogP contribution >= 0.6 is 22.6 Å². The number of hydrogen-bond acceptors (Lipinski definition) is 2. The summed E-state index contributed by atoms with van der Waals surface area (Å²) in [4.78, 5) is 11.8. The molecule has 4 heteroatoms. The Hall–Kier alpha value is -0.780. The van der Waals surface area contributed by atoms with Gasteiger partial charge in [0.15, 0.2) is 0 Å². The maximum absolute atomic E-state index is 11.8. The lowest BCUT2D eigenvalue weighted by molar-refractivity contribution is -0.121. The van der Waals surface area contributed by atoms with Crippen LogP contribution in [-0.2, 0) is 11.2 Å². The molecule has 1 unspecified atom stereocenters. The maximum Gasteiger partial charge on any atom is 0.224 e. The van der Waals surface area contributed by atoms with Gasteiger partial charge < -0.3 is 10.4 Å². The predicted octanol–water partition coefficient (Wildman–Crippen LogP) is 2.51. The topological polar surface area (TPSA) is 49.3 Å². The number of phenols is 1. The number of rotatable bonds is 5. The first kappa shape index (κ1) is 14.3. The van der Waals surface area contributed by atoms with E-state index in [1.54, 1.807) is 18.2 Å². The van der Waals surface area contributed by atoms with Crippen LogP contribution < -0.4 is 5.32 Å². The number of amides is 1. The Balaban J connectivity index is 2.55. The third-order valence-electron chi connectivity index (χ3n) is 2.59. The first-order chi connectivity index (χ1) is 8.02. The lowest BCUT2D eigenvalue weighted by Crippen LogP contribution is -2.40. The van der Waals surface area contributed by atoms with Crippen molar-refractivity contribution in [1.29, 1.82) is 0 Å². The number of aromatic hydroxyl groups is 1. The van der Waals surface area contributed by atoms with Crippen molar-refractivity contribution in [1.82, 2.24) is 5.32 Å². The summed E-state index contributed by atoms with van der Waals surface area (Å²) < 4.78 is 0.904. The van der Waals surface area contributed by atoms with Crippen molar-refractivity contribution in [2.45, 2.75) is 26.3 Å². The Bertz CT molecular complexity index is 379. The Morgan fingerprint density at radius 3 is 2.71 bits per heavy atom. The summed E-state index contributed by atoms with van der Waals surface area (Å²) in [5.74, 6) is 0.635. The standard InChI is InChI=1S/C13H18INO2/c1-9(2)12(8-14)15-13(17)7-10-4-3-5-11(16)6-10/h3-6,9,12,16H,7-8H2,1-2H3,(H,15,17). The molecule has 1 aromatic carbocycles. The normalized spacial score (nSPS) is 12.5. The zero-order chi connectivity index (χ0) is 12.8. The molecule has 0 fully saturated rings. The monoisotopic (exact) mass is 347 g/mol. The molecule has 0 spiro atoms.